The van der Waals surface area contributed by atoms with Gasteiger partial charge in [0.25, 0.3) is 11.8 Å². The zero-order valence-electron chi connectivity index (χ0n) is 34.8. The van der Waals surface area contributed by atoms with Gasteiger partial charge in [-0.15, -0.1) is 0 Å². The summed E-state index contributed by atoms with van der Waals surface area (Å²) in [6, 6.07) is 28.4. The van der Waals surface area contributed by atoms with E-state index in [1.165, 1.54) is 9.80 Å². The summed E-state index contributed by atoms with van der Waals surface area (Å²) in [5.41, 5.74) is 19.3. The number of hydrogen-bond donors (Lipinski definition) is 6. The lowest BCUT2D eigenvalue weighted by Crippen LogP contribution is -2.33. The zero-order chi connectivity index (χ0) is 44.7. The first-order valence-corrected chi connectivity index (χ1v) is 21.1. The molecule has 6 aromatic rings. The van der Waals surface area contributed by atoms with Crippen molar-refractivity contribution in [3.63, 3.8) is 0 Å². The number of carbonyl (C=O) groups excluding carboxylic acids is 6. The van der Waals surface area contributed by atoms with Crippen molar-refractivity contribution >= 4 is 57.6 Å². The van der Waals surface area contributed by atoms with Crippen molar-refractivity contribution in [3.05, 3.63) is 155 Å². The van der Waals surface area contributed by atoms with E-state index in [0.29, 0.717) is 25.7 Å². The fraction of sp³-hybridized carbons (Fsp3) is 0.250. The lowest BCUT2D eigenvalue weighted by atomic mass is 10.0. The smallest absolute Gasteiger partial charge is 0.332 e. The minimum absolute atomic E-state index is 0.149. The van der Waals surface area contributed by atoms with Crippen LogP contribution in [0.4, 0.5) is 9.59 Å². The monoisotopic (exact) mass is 864 g/mol. The molecule has 6 amide bonds. The summed E-state index contributed by atoms with van der Waals surface area (Å²) in [6.07, 6.45) is 5.26. The first-order chi connectivity index (χ1) is 31.0. The number of benzene rings is 4. The molecule has 0 spiro atoms. The SMILES string of the molecule is NC(Cc1c[nH]c2ccc(CC3NC(=O)N(CCc4ccccc4)C3=O)cc12)OC(=O)/C=C\C(=O)OC(N)Cc1c[nH]c2ccc(CC3NC(=O)N(CCc4ccccc4)C3=O)cc12. The van der Waals surface area contributed by atoms with Gasteiger partial charge in [0.15, 0.2) is 12.5 Å². The summed E-state index contributed by atoms with van der Waals surface area (Å²) in [5, 5.41) is 7.24. The number of nitrogens with zero attached hydrogens (tertiary/aromatic N) is 2. The molecule has 4 unspecified atom stereocenters. The van der Waals surface area contributed by atoms with E-state index < -0.39 is 48.5 Å². The Morgan fingerprint density at radius 1 is 0.578 bits per heavy atom. The Morgan fingerprint density at radius 2 is 0.984 bits per heavy atom. The second kappa shape index (κ2) is 19.2. The Bertz CT molecular complexity index is 2550. The van der Waals surface area contributed by atoms with Gasteiger partial charge in [0.1, 0.15) is 12.1 Å². The molecule has 8 N–H and O–H groups in total. The molecule has 4 atom stereocenters. The average Bonchev–Trinajstić information content (AvgIpc) is 4.01. The molecule has 2 fully saturated rings. The van der Waals surface area contributed by atoms with Gasteiger partial charge in [0.05, 0.1) is 0 Å². The van der Waals surface area contributed by atoms with E-state index in [2.05, 4.69) is 20.6 Å². The second-order valence-electron chi connectivity index (χ2n) is 15.9. The summed E-state index contributed by atoms with van der Waals surface area (Å²) in [4.78, 5) is 85.8. The van der Waals surface area contributed by atoms with E-state index in [1.807, 2.05) is 97.1 Å². The molecular formula is C48H48N8O8. The summed E-state index contributed by atoms with van der Waals surface area (Å²) in [7, 11) is 0. The van der Waals surface area contributed by atoms with Crippen LogP contribution in [0.25, 0.3) is 21.8 Å². The number of esters is 2. The van der Waals surface area contributed by atoms with Crippen molar-refractivity contribution in [2.75, 3.05) is 13.1 Å². The molecular weight excluding hydrogens is 817 g/mol. The number of amides is 6. The lowest BCUT2D eigenvalue weighted by Gasteiger charge is -2.14. The average molecular weight is 865 g/mol. The van der Waals surface area contributed by atoms with Crippen molar-refractivity contribution in [2.45, 2.75) is 63.1 Å². The van der Waals surface area contributed by atoms with Gasteiger partial charge in [-0.3, -0.25) is 30.9 Å². The quantitative estimate of drug-likeness (QED) is 0.0314. The van der Waals surface area contributed by atoms with E-state index in [-0.39, 0.29) is 37.7 Å². The molecule has 2 aromatic heterocycles. The molecule has 2 saturated heterocycles. The Kier molecular flexibility index (Phi) is 12.9. The van der Waals surface area contributed by atoms with Gasteiger partial charge in [-0.25, -0.2) is 19.2 Å². The molecule has 328 valence electrons. The highest BCUT2D eigenvalue weighted by Crippen LogP contribution is 2.25. The van der Waals surface area contributed by atoms with Gasteiger partial charge in [-0.1, -0.05) is 72.8 Å². The van der Waals surface area contributed by atoms with E-state index in [1.54, 1.807) is 12.4 Å². The maximum Gasteiger partial charge on any atom is 0.332 e. The van der Waals surface area contributed by atoms with Crippen LogP contribution < -0.4 is 22.1 Å². The fourth-order valence-electron chi connectivity index (χ4n) is 8.17. The van der Waals surface area contributed by atoms with Crippen molar-refractivity contribution in [1.29, 1.82) is 0 Å². The number of nitrogens with two attached hydrogens (primary N) is 2. The van der Waals surface area contributed by atoms with E-state index in [9.17, 15) is 28.8 Å². The van der Waals surface area contributed by atoms with Crippen LogP contribution in [0.3, 0.4) is 0 Å². The largest absolute Gasteiger partial charge is 0.443 e. The molecule has 4 aromatic carbocycles. The zero-order valence-corrected chi connectivity index (χ0v) is 34.8. The maximum atomic E-state index is 13.2. The minimum atomic E-state index is -1.06. The van der Waals surface area contributed by atoms with Crippen molar-refractivity contribution in [1.82, 2.24) is 30.4 Å². The van der Waals surface area contributed by atoms with Crippen LogP contribution in [0, 0.1) is 0 Å². The Morgan fingerprint density at radius 3 is 1.39 bits per heavy atom. The number of aromatic nitrogens is 2. The Labute approximate surface area is 367 Å². The number of ether oxygens (including phenoxy) is 2. The molecule has 0 bridgehead atoms. The highest BCUT2D eigenvalue weighted by molar-refractivity contribution is 6.05. The molecule has 64 heavy (non-hydrogen) atoms. The molecule has 2 aliphatic heterocycles. The summed E-state index contributed by atoms with van der Waals surface area (Å²) in [5.74, 6) is -2.26. The standard InChI is InChI=1S/C48H48N8O8/c49-41(25-33-27-51-37-13-11-31(21-35(33)37)23-39-45(59)55(47(61)53-39)19-17-29-7-3-1-4-8-29)63-43(57)15-16-44(58)64-42(50)26-34-28-52-38-14-12-32(22-36(34)38)24-40-46(60)56(48(62)54-40)20-18-30-9-5-2-6-10-30/h1-16,21-22,27-28,39-42,51-52H,17-20,23-26,49-50H2,(H,53,61)(H,54,62)/b16-15-. The number of fused-ring (bicyclic) bond motifs is 2. The molecule has 4 heterocycles. The van der Waals surface area contributed by atoms with E-state index in [0.717, 1.165) is 67.3 Å². The summed E-state index contributed by atoms with van der Waals surface area (Å²) < 4.78 is 10.7. The van der Waals surface area contributed by atoms with Gasteiger partial charge in [-0.2, -0.15) is 0 Å². The number of hydrogen-bond acceptors (Lipinski definition) is 10. The van der Waals surface area contributed by atoms with Crippen LogP contribution in [-0.4, -0.2) is 93.2 Å². The number of carbonyl (C=O) groups is 6. The van der Waals surface area contributed by atoms with Crippen molar-refractivity contribution in [3.8, 4) is 0 Å². The van der Waals surface area contributed by atoms with Crippen LogP contribution in [0.2, 0.25) is 0 Å². The molecule has 16 heteroatoms. The van der Waals surface area contributed by atoms with Crippen LogP contribution in [0.15, 0.2) is 122 Å². The highest BCUT2D eigenvalue weighted by atomic mass is 16.6. The van der Waals surface area contributed by atoms with Gasteiger partial charge in [-0.05, 0) is 70.5 Å². The molecule has 8 rings (SSSR count). The number of aromatic amines is 2. The van der Waals surface area contributed by atoms with Gasteiger partial charge in [0, 0.05) is 85.1 Å². The number of H-pyrrole nitrogens is 2. The van der Waals surface area contributed by atoms with Gasteiger partial charge < -0.3 is 30.1 Å². The van der Waals surface area contributed by atoms with Crippen molar-refractivity contribution in [2.24, 2.45) is 11.5 Å². The Balaban J connectivity index is 0.796. The molecule has 0 aliphatic carbocycles. The van der Waals surface area contributed by atoms with Crippen LogP contribution in [0.1, 0.15) is 33.4 Å². The van der Waals surface area contributed by atoms with Gasteiger partial charge >= 0.3 is 24.0 Å². The first-order valence-electron chi connectivity index (χ1n) is 21.1. The Hall–Kier alpha value is -7.56. The predicted molar refractivity (Wildman–Crippen MR) is 237 cm³/mol. The molecule has 16 nitrogen and oxygen atoms in total. The van der Waals surface area contributed by atoms with Crippen LogP contribution >= 0.6 is 0 Å². The van der Waals surface area contributed by atoms with Crippen LogP contribution in [0.5, 0.6) is 0 Å². The second-order valence-corrected chi connectivity index (χ2v) is 15.9. The number of imide groups is 2. The summed E-state index contributed by atoms with van der Waals surface area (Å²) >= 11 is 0. The maximum absolute atomic E-state index is 13.2. The third-order valence-electron chi connectivity index (χ3n) is 11.4. The molecule has 2 aliphatic rings. The number of nitrogens with one attached hydrogen (secondary N) is 4. The predicted octanol–water partition coefficient (Wildman–Crippen LogP) is 4.06. The summed E-state index contributed by atoms with van der Waals surface area (Å²) in [6.45, 7) is 0.570. The molecule has 0 saturated carbocycles. The fourth-order valence-corrected chi connectivity index (χ4v) is 8.17. The van der Waals surface area contributed by atoms with Crippen LogP contribution in [-0.2, 0) is 67.2 Å². The third kappa shape index (κ3) is 10.2. The molecule has 0 radical (unpaired) electrons. The first kappa shape index (κ1) is 43.1. The number of rotatable bonds is 18. The van der Waals surface area contributed by atoms with Gasteiger partial charge in [0.2, 0.25) is 0 Å². The lowest BCUT2D eigenvalue weighted by molar-refractivity contribution is -0.145. The number of urea groups is 2. The highest BCUT2D eigenvalue weighted by Gasteiger charge is 2.38. The normalized spacial score (nSPS) is 17.3. The van der Waals surface area contributed by atoms with E-state index in [4.69, 9.17) is 20.9 Å². The van der Waals surface area contributed by atoms with E-state index >= 15 is 0 Å². The van der Waals surface area contributed by atoms with Crippen molar-refractivity contribution < 1.29 is 38.2 Å². The topological polar surface area (TPSA) is 235 Å². The third-order valence-corrected chi connectivity index (χ3v) is 11.4. The minimum Gasteiger partial charge on any atom is -0.443 e.